The van der Waals surface area contributed by atoms with Crippen molar-refractivity contribution >= 4 is 23.0 Å². The van der Waals surface area contributed by atoms with Crippen LogP contribution in [-0.4, -0.2) is 30.4 Å². The third-order valence-electron chi connectivity index (χ3n) is 5.50. The normalized spacial score (nSPS) is 19.2. The molecule has 3 heterocycles. The molecule has 0 radical (unpaired) electrons. The van der Waals surface area contributed by atoms with Crippen molar-refractivity contribution in [2.24, 2.45) is 5.10 Å². The fraction of sp³-hybridized carbons (Fsp3) is 0.250. The Labute approximate surface area is 184 Å². The number of para-hydroxylation sites is 1. The quantitative estimate of drug-likeness (QED) is 0.518. The van der Waals surface area contributed by atoms with Gasteiger partial charge in [-0.25, -0.2) is 9.80 Å². The van der Waals surface area contributed by atoms with Crippen LogP contribution in [0.4, 0.5) is 0 Å². The molecule has 0 saturated heterocycles. The van der Waals surface area contributed by atoms with Gasteiger partial charge in [-0.15, -0.1) is 11.3 Å². The number of methoxy groups -OCH3 is 1. The largest absolute Gasteiger partial charge is 0.490 e. The van der Waals surface area contributed by atoms with E-state index in [-0.39, 0.29) is 12.0 Å². The van der Waals surface area contributed by atoms with E-state index in [1.165, 1.54) is 7.11 Å². The van der Waals surface area contributed by atoms with Crippen LogP contribution in [0.25, 0.3) is 0 Å². The second kappa shape index (κ2) is 8.07. The Balaban J connectivity index is 1.57. The molecule has 0 unspecified atom stereocenters. The van der Waals surface area contributed by atoms with Gasteiger partial charge < -0.3 is 14.2 Å². The molecule has 2 aliphatic rings. The molecule has 0 fully saturated rings. The van der Waals surface area contributed by atoms with Gasteiger partial charge >= 0.3 is 5.97 Å². The fourth-order valence-electron chi connectivity index (χ4n) is 4.07. The molecule has 0 saturated carbocycles. The molecular formula is C24H22N2O4S. The number of ether oxygens (including phenoxy) is 3. The van der Waals surface area contributed by atoms with E-state index in [1.54, 1.807) is 23.5 Å². The van der Waals surface area contributed by atoms with Gasteiger partial charge in [-0.05, 0) is 36.6 Å². The van der Waals surface area contributed by atoms with Crippen LogP contribution in [-0.2, 0) is 4.74 Å². The maximum absolute atomic E-state index is 11.8. The Morgan fingerprint density at radius 2 is 2.03 bits per heavy atom. The molecule has 5 rings (SSSR count). The molecule has 7 heteroatoms. The first-order valence-corrected chi connectivity index (χ1v) is 11.1. The number of hydrogen-bond acceptors (Lipinski definition) is 7. The van der Waals surface area contributed by atoms with Gasteiger partial charge in [0.25, 0.3) is 0 Å². The first-order valence-electron chi connectivity index (χ1n) is 10.2. The van der Waals surface area contributed by atoms with Crippen LogP contribution in [0.3, 0.4) is 0 Å². The number of nitrogens with zero attached hydrogens (tertiary/aromatic N) is 2. The van der Waals surface area contributed by atoms with Crippen molar-refractivity contribution in [3.8, 4) is 11.5 Å². The zero-order chi connectivity index (χ0) is 21.4. The van der Waals surface area contributed by atoms with Crippen molar-refractivity contribution in [3.05, 3.63) is 81.5 Å². The minimum absolute atomic E-state index is 0.0477. The summed E-state index contributed by atoms with van der Waals surface area (Å²) in [6, 6.07) is 17.5. The number of carbonyl (C=O) groups excluding carboxylic acids is 1. The molecule has 2 atom stereocenters. The Hall–Kier alpha value is -3.32. The van der Waals surface area contributed by atoms with E-state index < -0.39 is 6.23 Å². The summed E-state index contributed by atoms with van der Waals surface area (Å²) >= 11 is 1.69. The summed E-state index contributed by atoms with van der Waals surface area (Å²) in [5.41, 5.74) is 3.53. The van der Waals surface area contributed by atoms with E-state index in [1.807, 2.05) is 42.3 Å². The minimum atomic E-state index is -0.428. The predicted molar refractivity (Wildman–Crippen MR) is 119 cm³/mol. The van der Waals surface area contributed by atoms with Crippen LogP contribution in [0.2, 0.25) is 0 Å². The molecule has 158 valence electrons. The summed E-state index contributed by atoms with van der Waals surface area (Å²) in [6.07, 6.45) is 0.367. The predicted octanol–water partition coefficient (Wildman–Crippen LogP) is 5.18. The van der Waals surface area contributed by atoms with E-state index in [0.717, 1.165) is 39.6 Å². The number of hydrazone groups is 1. The topological polar surface area (TPSA) is 60.4 Å². The average molecular weight is 435 g/mol. The van der Waals surface area contributed by atoms with Crippen molar-refractivity contribution in [1.29, 1.82) is 0 Å². The summed E-state index contributed by atoms with van der Waals surface area (Å²) in [5.74, 6) is 1.13. The molecule has 1 aromatic heterocycles. The number of benzene rings is 2. The first kappa shape index (κ1) is 19.6. The van der Waals surface area contributed by atoms with Crippen LogP contribution in [0.1, 0.15) is 52.0 Å². The molecule has 3 aromatic rings. The van der Waals surface area contributed by atoms with Gasteiger partial charge in [0, 0.05) is 17.5 Å². The van der Waals surface area contributed by atoms with E-state index in [2.05, 4.69) is 17.5 Å². The average Bonchev–Trinajstić information content (AvgIpc) is 3.49. The van der Waals surface area contributed by atoms with Crippen molar-refractivity contribution in [2.45, 2.75) is 25.6 Å². The first-order chi connectivity index (χ1) is 15.2. The summed E-state index contributed by atoms with van der Waals surface area (Å²) < 4.78 is 17.2. The van der Waals surface area contributed by atoms with E-state index in [4.69, 9.17) is 19.3 Å². The van der Waals surface area contributed by atoms with Crippen molar-refractivity contribution in [3.63, 3.8) is 0 Å². The zero-order valence-corrected chi connectivity index (χ0v) is 18.1. The van der Waals surface area contributed by atoms with Gasteiger partial charge in [0.2, 0.25) is 6.23 Å². The maximum Gasteiger partial charge on any atom is 0.337 e. The lowest BCUT2D eigenvalue weighted by Gasteiger charge is -2.38. The van der Waals surface area contributed by atoms with Crippen molar-refractivity contribution in [2.75, 3.05) is 13.7 Å². The molecule has 0 spiro atoms. The van der Waals surface area contributed by atoms with E-state index in [0.29, 0.717) is 12.2 Å². The van der Waals surface area contributed by atoms with Crippen LogP contribution in [0, 0.1) is 0 Å². The number of rotatable bonds is 5. The maximum atomic E-state index is 11.8. The summed E-state index contributed by atoms with van der Waals surface area (Å²) in [7, 11) is 1.38. The van der Waals surface area contributed by atoms with Crippen LogP contribution < -0.4 is 9.47 Å². The summed E-state index contributed by atoms with van der Waals surface area (Å²) in [4.78, 5) is 13.0. The molecule has 2 aliphatic heterocycles. The molecule has 0 N–H and O–H groups in total. The third-order valence-corrected chi connectivity index (χ3v) is 6.42. The molecular weight excluding hydrogens is 412 g/mol. The van der Waals surface area contributed by atoms with Gasteiger partial charge in [-0.3, -0.25) is 0 Å². The smallest absolute Gasteiger partial charge is 0.337 e. The Morgan fingerprint density at radius 1 is 1.19 bits per heavy atom. The molecule has 6 nitrogen and oxygen atoms in total. The van der Waals surface area contributed by atoms with Crippen LogP contribution in [0.5, 0.6) is 11.5 Å². The Kier molecular flexibility index (Phi) is 5.11. The van der Waals surface area contributed by atoms with Gasteiger partial charge in [0.05, 0.1) is 35.9 Å². The molecule has 31 heavy (non-hydrogen) atoms. The number of thiophene rings is 1. The number of hydrogen-bond donors (Lipinski definition) is 0. The highest BCUT2D eigenvalue weighted by Gasteiger charge is 2.42. The van der Waals surface area contributed by atoms with Gasteiger partial charge in [-0.2, -0.15) is 5.10 Å². The summed E-state index contributed by atoms with van der Waals surface area (Å²) in [5, 5.41) is 9.05. The van der Waals surface area contributed by atoms with Crippen molar-refractivity contribution in [1.82, 2.24) is 5.01 Å². The second-order valence-electron chi connectivity index (χ2n) is 7.32. The van der Waals surface area contributed by atoms with Crippen LogP contribution in [0.15, 0.2) is 65.1 Å². The minimum Gasteiger partial charge on any atom is -0.490 e. The van der Waals surface area contributed by atoms with Crippen LogP contribution >= 0.6 is 11.3 Å². The standard InChI is InChI=1S/C24H22N2O4S/c1-3-29-20-7-4-6-17-19-14-18(21-8-5-13-31-21)25-26(19)23(30-22(17)20)15-9-11-16(12-10-15)24(27)28-2/h4-13,19,23H,3,14H2,1-2H3/t19-,23+/m0/s1. The highest BCUT2D eigenvalue weighted by atomic mass is 32.1. The number of esters is 1. The molecule has 0 amide bonds. The van der Waals surface area contributed by atoms with Gasteiger partial charge in [-0.1, -0.05) is 30.3 Å². The highest BCUT2D eigenvalue weighted by molar-refractivity contribution is 7.12. The lowest BCUT2D eigenvalue weighted by atomic mass is 9.97. The zero-order valence-electron chi connectivity index (χ0n) is 17.3. The Bertz CT molecular complexity index is 1120. The van der Waals surface area contributed by atoms with E-state index >= 15 is 0 Å². The van der Waals surface area contributed by atoms with E-state index in [9.17, 15) is 4.79 Å². The molecule has 0 bridgehead atoms. The van der Waals surface area contributed by atoms with Crippen molar-refractivity contribution < 1.29 is 19.0 Å². The Morgan fingerprint density at radius 3 is 2.74 bits per heavy atom. The number of carbonyl (C=O) groups is 1. The monoisotopic (exact) mass is 434 g/mol. The fourth-order valence-corrected chi connectivity index (χ4v) is 4.79. The highest BCUT2D eigenvalue weighted by Crippen LogP contribution is 2.50. The third kappa shape index (κ3) is 3.45. The molecule has 2 aromatic carbocycles. The molecule has 0 aliphatic carbocycles. The van der Waals surface area contributed by atoms with Gasteiger partial charge in [0.1, 0.15) is 0 Å². The lowest BCUT2D eigenvalue weighted by Crippen LogP contribution is -2.34. The SMILES string of the molecule is CCOc1cccc2c1O[C@H](c1ccc(C(=O)OC)cc1)N1N=C(c3cccs3)C[C@@H]21. The number of fused-ring (bicyclic) bond motifs is 3. The second-order valence-corrected chi connectivity index (χ2v) is 8.26. The van der Waals surface area contributed by atoms with Gasteiger partial charge in [0.15, 0.2) is 11.5 Å². The summed E-state index contributed by atoms with van der Waals surface area (Å²) in [6.45, 7) is 2.52. The lowest BCUT2D eigenvalue weighted by molar-refractivity contribution is -0.0212.